The van der Waals surface area contributed by atoms with E-state index in [-0.39, 0.29) is 6.67 Å². The van der Waals surface area contributed by atoms with E-state index in [4.69, 9.17) is 16.3 Å². The summed E-state index contributed by atoms with van der Waals surface area (Å²) in [5.41, 5.74) is 1.16. The van der Waals surface area contributed by atoms with Crippen molar-refractivity contribution in [2.45, 2.75) is 6.92 Å². The molecule has 34 heavy (non-hydrogen) atoms. The number of hydrogen-bond acceptors (Lipinski definition) is 5. The minimum atomic E-state index is -0.438. The Morgan fingerprint density at radius 1 is 0.941 bits per heavy atom. The first-order valence-electron chi connectivity index (χ1n) is 10.7. The van der Waals surface area contributed by atoms with Crippen LogP contribution in [0.15, 0.2) is 72.8 Å². The lowest BCUT2D eigenvalue weighted by molar-refractivity contribution is 0.0650. The van der Waals surface area contributed by atoms with E-state index in [9.17, 15) is 14.4 Å². The predicted molar refractivity (Wildman–Crippen MR) is 133 cm³/mol. The molecule has 170 valence electrons. The number of carbonyl (C=O) groups excluding carboxylic acids is 3. The molecule has 0 unspecified atom stereocenters. The molecule has 0 saturated carbocycles. The van der Waals surface area contributed by atoms with Crippen LogP contribution in [0.3, 0.4) is 0 Å². The summed E-state index contributed by atoms with van der Waals surface area (Å²) in [4.78, 5) is 42.6. The topological polar surface area (TPSA) is 66.9 Å². The minimum absolute atomic E-state index is 0.246. The number of halogens is 1. The third-order valence-corrected chi connectivity index (χ3v) is 7.26. The molecule has 0 saturated heterocycles. The summed E-state index contributed by atoms with van der Waals surface area (Å²) in [6.45, 7) is 2.15. The number of carbonyl (C=O) groups is 3. The fourth-order valence-electron chi connectivity index (χ4n) is 3.94. The van der Waals surface area contributed by atoms with Crippen LogP contribution in [0, 0.1) is 0 Å². The third-order valence-electron chi connectivity index (χ3n) is 5.59. The molecule has 3 aromatic carbocycles. The first-order chi connectivity index (χ1) is 16.5. The highest BCUT2D eigenvalue weighted by Crippen LogP contribution is 2.37. The van der Waals surface area contributed by atoms with E-state index in [1.165, 1.54) is 16.2 Å². The van der Waals surface area contributed by atoms with Gasteiger partial charge in [-0.25, -0.2) is 0 Å². The molecule has 6 nitrogen and oxygen atoms in total. The van der Waals surface area contributed by atoms with Gasteiger partial charge in [-0.3, -0.25) is 24.2 Å². The molecule has 0 fully saturated rings. The quantitative estimate of drug-likeness (QED) is 0.318. The number of hydrogen-bond donors (Lipinski definition) is 0. The van der Waals surface area contributed by atoms with Gasteiger partial charge in [0, 0.05) is 15.8 Å². The molecule has 0 bridgehead atoms. The van der Waals surface area contributed by atoms with E-state index in [1.54, 1.807) is 48.5 Å². The molecule has 0 aliphatic carbocycles. The van der Waals surface area contributed by atoms with Gasteiger partial charge in [0.05, 0.1) is 22.8 Å². The number of rotatable bonds is 6. The Kier molecular flexibility index (Phi) is 5.81. The van der Waals surface area contributed by atoms with Crippen molar-refractivity contribution in [1.29, 1.82) is 0 Å². The average molecular weight is 491 g/mol. The number of imide groups is 1. The second-order valence-electron chi connectivity index (χ2n) is 7.63. The zero-order valence-electron chi connectivity index (χ0n) is 18.2. The number of ether oxygens (including phenoxy) is 1. The Morgan fingerprint density at radius 3 is 2.18 bits per heavy atom. The second kappa shape index (κ2) is 8.93. The Hall–Kier alpha value is -3.68. The zero-order chi connectivity index (χ0) is 23.8. The van der Waals surface area contributed by atoms with Crippen molar-refractivity contribution >= 4 is 56.4 Å². The molecule has 3 amide bonds. The summed E-state index contributed by atoms with van der Waals surface area (Å²) in [6.07, 6.45) is 0. The Labute approximate surface area is 204 Å². The van der Waals surface area contributed by atoms with Gasteiger partial charge in [-0.05, 0) is 49.4 Å². The number of amides is 3. The van der Waals surface area contributed by atoms with Gasteiger partial charge in [0.2, 0.25) is 0 Å². The van der Waals surface area contributed by atoms with Gasteiger partial charge in [0.15, 0.2) is 0 Å². The second-order valence-corrected chi connectivity index (χ2v) is 9.06. The van der Waals surface area contributed by atoms with Gasteiger partial charge in [0.25, 0.3) is 17.7 Å². The predicted octanol–water partition coefficient (Wildman–Crippen LogP) is 5.85. The smallest absolute Gasteiger partial charge is 0.271 e. The van der Waals surface area contributed by atoms with Crippen molar-refractivity contribution in [2.75, 3.05) is 18.2 Å². The van der Waals surface area contributed by atoms with E-state index in [0.29, 0.717) is 39.1 Å². The monoisotopic (exact) mass is 490 g/mol. The molecule has 8 heteroatoms. The van der Waals surface area contributed by atoms with Gasteiger partial charge in [0.1, 0.15) is 17.3 Å². The van der Waals surface area contributed by atoms with Gasteiger partial charge >= 0.3 is 0 Å². The van der Waals surface area contributed by atoms with Crippen molar-refractivity contribution in [1.82, 2.24) is 4.90 Å². The summed E-state index contributed by atoms with van der Waals surface area (Å²) in [5.74, 6) is -0.621. The molecule has 0 radical (unpaired) electrons. The van der Waals surface area contributed by atoms with E-state index in [1.807, 2.05) is 31.2 Å². The van der Waals surface area contributed by atoms with E-state index in [0.717, 1.165) is 15.0 Å². The van der Waals surface area contributed by atoms with Crippen LogP contribution in [-0.4, -0.2) is 35.9 Å². The van der Waals surface area contributed by atoms with Crippen LogP contribution in [0.4, 0.5) is 5.69 Å². The number of thiophene rings is 1. The zero-order valence-corrected chi connectivity index (χ0v) is 19.7. The lowest BCUT2D eigenvalue weighted by Crippen LogP contribution is -2.44. The molecule has 0 N–H and O–H groups in total. The summed E-state index contributed by atoms with van der Waals surface area (Å²) >= 11 is 7.87. The van der Waals surface area contributed by atoms with Crippen molar-refractivity contribution in [3.8, 4) is 5.75 Å². The lowest BCUT2D eigenvalue weighted by Gasteiger charge is -2.27. The number of benzene rings is 3. The highest BCUT2D eigenvalue weighted by Gasteiger charge is 2.38. The molecule has 1 aliphatic rings. The van der Waals surface area contributed by atoms with Crippen LogP contribution >= 0.6 is 22.9 Å². The van der Waals surface area contributed by atoms with Crippen LogP contribution in [0.5, 0.6) is 5.75 Å². The molecule has 1 aromatic heterocycles. The Morgan fingerprint density at radius 2 is 1.56 bits per heavy atom. The third kappa shape index (κ3) is 3.73. The molecule has 1 aliphatic heterocycles. The maximum Gasteiger partial charge on any atom is 0.271 e. The largest absolute Gasteiger partial charge is 0.494 e. The van der Waals surface area contributed by atoms with Crippen LogP contribution in [0.1, 0.15) is 37.3 Å². The van der Waals surface area contributed by atoms with Crippen molar-refractivity contribution in [2.24, 2.45) is 0 Å². The summed E-state index contributed by atoms with van der Waals surface area (Å²) < 4.78 is 6.39. The Balaban J connectivity index is 1.55. The van der Waals surface area contributed by atoms with E-state index >= 15 is 0 Å². The first kappa shape index (κ1) is 22.1. The number of nitrogens with zero attached hydrogens (tertiary/aromatic N) is 2. The highest BCUT2D eigenvalue weighted by atomic mass is 35.5. The number of fused-ring (bicyclic) bond motifs is 2. The molecule has 4 aromatic rings. The highest BCUT2D eigenvalue weighted by molar-refractivity contribution is 7.21. The normalized spacial score (nSPS) is 12.8. The molecular weight excluding hydrogens is 472 g/mol. The fraction of sp³-hybridized carbons (Fsp3) is 0.115. The SMILES string of the molecule is CCOc1ccc(N(CN2C(=O)c3ccccc3C2=O)C(=O)c2sc3ccccc3c2Cl)cc1. The maximum absolute atomic E-state index is 13.8. The molecule has 5 rings (SSSR count). The van der Waals surface area contributed by atoms with Crippen LogP contribution in [0.25, 0.3) is 10.1 Å². The fourth-order valence-corrected chi connectivity index (χ4v) is 5.40. The molecule has 0 spiro atoms. The first-order valence-corrected chi connectivity index (χ1v) is 11.9. The van der Waals surface area contributed by atoms with Gasteiger partial charge in [-0.15, -0.1) is 11.3 Å². The van der Waals surface area contributed by atoms with Gasteiger partial charge in [-0.2, -0.15) is 0 Å². The summed E-state index contributed by atoms with van der Waals surface area (Å²) in [5, 5.41) is 1.13. The van der Waals surface area contributed by atoms with E-state index < -0.39 is 17.7 Å². The average Bonchev–Trinajstić information content (AvgIpc) is 3.32. The van der Waals surface area contributed by atoms with Crippen LogP contribution < -0.4 is 9.64 Å². The van der Waals surface area contributed by atoms with Gasteiger partial charge < -0.3 is 4.74 Å². The molecular formula is C26H19ClN2O4S. The van der Waals surface area contributed by atoms with Gasteiger partial charge in [-0.1, -0.05) is 41.9 Å². The molecule has 2 heterocycles. The van der Waals surface area contributed by atoms with Crippen molar-refractivity contribution < 1.29 is 19.1 Å². The Bertz CT molecular complexity index is 1400. The lowest BCUT2D eigenvalue weighted by atomic mass is 10.1. The minimum Gasteiger partial charge on any atom is -0.494 e. The van der Waals surface area contributed by atoms with Crippen LogP contribution in [0.2, 0.25) is 5.02 Å². The van der Waals surface area contributed by atoms with E-state index in [2.05, 4.69) is 0 Å². The molecule has 0 atom stereocenters. The van der Waals surface area contributed by atoms with Crippen LogP contribution in [-0.2, 0) is 0 Å². The standard InChI is InChI=1S/C26H19ClN2O4S/c1-2-33-17-13-11-16(12-14-17)28(15-29-24(30)18-7-3-4-8-19(18)25(29)31)26(32)23-22(27)20-9-5-6-10-21(20)34-23/h3-14H,2,15H2,1H3. The maximum atomic E-state index is 13.8. The summed E-state index contributed by atoms with van der Waals surface area (Å²) in [7, 11) is 0. The summed E-state index contributed by atoms with van der Waals surface area (Å²) in [6, 6.07) is 21.1. The van der Waals surface area contributed by atoms with Crippen molar-refractivity contribution in [3.63, 3.8) is 0 Å². The number of anilines is 1. The van der Waals surface area contributed by atoms with Crippen molar-refractivity contribution in [3.05, 3.63) is 93.8 Å².